The van der Waals surface area contributed by atoms with Crippen molar-refractivity contribution in [3.05, 3.63) is 18.3 Å². The Morgan fingerprint density at radius 2 is 2.21 bits per heavy atom. The molecule has 0 atom stereocenters. The number of hydrogen-bond acceptors (Lipinski definition) is 4. The summed E-state index contributed by atoms with van der Waals surface area (Å²) in [7, 11) is 0. The Balaban J connectivity index is 1.99. The van der Waals surface area contributed by atoms with E-state index in [1.54, 1.807) is 6.20 Å². The summed E-state index contributed by atoms with van der Waals surface area (Å²) in [4.78, 5) is 4.05. The van der Waals surface area contributed by atoms with Gasteiger partial charge in [-0.05, 0) is 36.5 Å². The van der Waals surface area contributed by atoms with Crippen LogP contribution in [-0.2, 0) is 0 Å². The highest BCUT2D eigenvalue weighted by atomic mass is 32.2. The quantitative estimate of drug-likeness (QED) is 0.782. The molecule has 2 heterocycles. The van der Waals surface area contributed by atoms with Crippen LogP contribution in [0, 0.1) is 0 Å². The van der Waals surface area contributed by atoms with Crippen LogP contribution in [0.5, 0.6) is 0 Å². The molecule has 2 rings (SSSR count). The molecule has 3 nitrogen and oxygen atoms in total. The molecule has 1 aliphatic rings. The number of pyridine rings is 1. The van der Waals surface area contributed by atoms with Crippen molar-refractivity contribution >= 4 is 23.3 Å². The van der Waals surface area contributed by atoms with E-state index in [0.717, 1.165) is 5.69 Å². The van der Waals surface area contributed by atoms with Crippen LogP contribution in [0.3, 0.4) is 0 Å². The fraction of sp³-hybridized carbons (Fsp3) is 0.500. The Morgan fingerprint density at radius 1 is 1.43 bits per heavy atom. The summed E-state index contributed by atoms with van der Waals surface area (Å²) >= 11 is 2.03. The molecule has 0 spiro atoms. The van der Waals surface area contributed by atoms with Gasteiger partial charge in [0, 0.05) is 12.2 Å². The third-order valence-corrected chi connectivity index (χ3v) is 3.47. The first-order valence-corrected chi connectivity index (χ1v) is 6.06. The van der Waals surface area contributed by atoms with E-state index in [1.807, 2.05) is 23.9 Å². The van der Waals surface area contributed by atoms with E-state index in [0.29, 0.717) is 11.9 Å². The molecular formula is C10H15N3S. The van der Waals surface area contributed by atoms with Gasteiger partial charge >= 0.3 is 0 Å². The van der Waals surface area contributed by atoms with E-state index >= 15 is 0 Å². The zero-order chi connectivity index (χ0) is 9.80. The average molecular weight is 209 g/mol. The molecule has 0 amide bonds. The first-order valence-electron chi connectivity index (χ1n) is 4.91. The van der Waals surface area contributed by atoms with Crippen molar-refractivity contribution in [1.82, 2.24) is 4.98 Å². The van der Waals surface area contributed by atoms with Crippen molar-refractivity contribution in [2.75, 3.05) is 22.6 Å². The average Bonchev–Trinajstić information content (AvgIpc) is 2.23. The molecule has 1 fully saturated rings. The van der Waals surface area contributed by atoms with Gasteiger partial charge in [-0.3, -0.25) is 0 Å². The molecule has 1 aliphatic heterocycles. The largest absolute Gasteiger partial charge is 0.382 e. The predicted molar refractivity (Wildman–Crippen MR) is 62.6 cm³/mol. The van der Waals surface area contributed by atoms with Crippen LogP contribution in [0.2, 0.25) is 0 Å². The van der Waals surface area contributed by atoms with E-state index in [2.05, 4.69) is 10.3 Å². The number of nitrogen functional groups attached to an aromatic ring is 1. The lowest BCUT2D eigenvalue weighted by molar-refractivity contribution is 0.667. The molecule has 0 unspecified atom stereocenters. The maximum Gasteiger partial charge on any atom is 0.146 e. The summed E-state index contributed by atoms with van der Waals surface area (Å²) in [6, 6.07) is 4.48. The lowest BCUT2D eigenvalue weighted by Crippen LogP contribution is -2.25. The molecule has 4 heteroatoms. The summed E-state index contributed by atoms with van der Waals surface area (Å²) < 4.78 is 0. The molecule has 0 radical (unpaired) electrons. The maximum atomic E-state index is 5.76. The second-order valence-corrected chi connectivity index (χ2v) is 4.69. The number of nitrogens with two attached hydrogens (primary N) is 1. The highest BCUT2D eigenvalue weighted by Gasteiger charge is 2.13. The van der Waals surface area contributed by atoms with Gasteiger partial charge in [-0.25, -0.2) is 4.98 Å². The van der Waals surface area contributed by atoms with Crippen molar-refractivity contribution in [2.45, 2.75) is 18.9 Å². The highest BCUT2D eigenvalue weighted by Crippen LogP contribution is 2.22. The molecule has 1 saturated heterocycles. The molecule has 0 aliphatic carbocycles. The van der Waals surface area contributed by atoms with Crippen LogP contribution in [-0.4, -0.2) is 22.5 Å². The zero-order valence-electron chi connectivity index (χ0n) is 8.07. The van der Waals surface area contributed by atoms with Crippen LogP contribution >= 0.6 is 11.8 Å². The Labute approximate surface area is 88.5 Å². The van der Waals surface area contributed by atoms with Gasteiger partial charge in [0.15, 0.2) is 0 Å². The molecule has 1 aromatic heterocycles. The monoisotopic (exact) mass is 209 g/mol. The molecular weight excluding hydrogens is 194 g/mol. The van der Waals surface area contributed by atoms with E-state index in [9.17, 15) is 0 Å². The first-order chi connectivity index (χ1) is 6.86. The third kappa shape index (κ3) is 2.32. The lowest BCUT2D eigenvalue weighted by atomic mass is 10.1. The van der Waals surface area contributed by atoms with Crippen molar-refractivity contribution in [1.29, 1.82) is 0 Å². The van der Waals surface area contributed by atoms with Gasteiger partial charge in [0.1, 0.15) is 5.82 Å². The number of nitrogens with zero attached hydrogens (tertiary/aromatic N) is 1. The van der Waals surface area contributed by atoms with Gasteiger partial charge in [-0.15, -0.1) is 0 Å². The van der Waals surface area contributed by atoms with Gasteiger partial charge in [0.05, 0.1) is 5.69 Å². The summed E-state index contributed by atoms with van der Waals surface area (Å²) in [5.41, 5.74) is 6.74. The minimum atomic E-state index is 0.572. The minimum absolute atomic E-state index is 0.572. The number of thioether (sulfide) groups is 1. The number of rotatable bonds is 2. The smallest absolute Gasteiger partial charge is 0.146 e. The number of hydrogen-bond donors (Lipinski definition) is 2. The molecule has 0 aromatic carbocycles. The maximum absolute atomic E-state index is 5.76. The number of nitrogens with one attached hydrogen (secondary N) is 1. The summed E-state index contributed by atoms with van der Waals surface area (Å²) in [6.07, 6.45) is 4.16. The molecule has 0 bridgehead atoms. The van der Waals surface area contributed by atoms with Crippen molar-refractivity contribution < 1.29 is 0 Å². The second-order valence-electron chi connectivity index (χ2n) is 3.47. The fourth-order valence-electron chi connectivity index (χ4n) is 1.60. The normalized spacial score (nSPS) is 18.0. The van der Waals surface area contributed by atoms with Crippen LogP contribution in [0.25, 0.3) is 0 Å². The van der Waals surface area contributed by atoms with Gasteiger partial charge < -0.3 is 11.1 Å². The molecule has 76 valence electrons. The Kier molecular flexibility index (Phi) is 3.14. The molecule has 3 N–H and O–H groups in total. The van der Waals surface area contributed by atoms with Crippen LogP contribution in [0.15, 0.2) is 18.3 Å². The van der Waals surface area contributed by atoms with Gasteiger partial charge in [-0.1, -0.05) is 0 Å². The third-order valence-electron chi connectivity index (χ3n) is 2.42. The van der Waals surface area contributed by atoms with E-state index in [1.165, 1.54) is 24.3 Å². The van der Waals surface area contributed by atoms with Crippen molar-refractivity contribution in [3.8, 4) is 0 Å². The molecule has 1 aromatic rings. The summed E-state index contributed by atoms with van der Waals surface area (Å²) in [5, 5.41) is 3.45. The van der Waals surface area contributed by atoms with E-state index in [4.69, 9.17) is 5.73 Å². The topological polar surface area (TPSA) is 50.9 Å². The zero-order valence-corrected chi connectivity index (χ0v) is 8.89. The van der Waals surface area contributed by atoms with Crippen LogP contribution in [0.1, 0.15) is 12.8 Å². The predicted octanol–water partition coefficient (Wildman–Crippen LogP) is 1.97. The van der Waals surface area contributed by atoms with Gasteiger partial charge in [0.25, 0.3) is 0 Å². The number of aromatic nitrogens is 1. The van der Waals surface area contributed by atoms with Crippen molar-refractivity contribution in [2.24, 2.45) is 0 Å². The van der Waals surface area contributed by atoms with Crippen LogP contribution < -0.4 is 11.1 Å². The van der Waals surface area contributed by atoms with Crippen LogP contribution in [0.4, 0.5) is 11.5 Å². The minimum Gasteiger partial charge on any atom is -0.382 e. The Morgan fingerprint density at radius 3 is 2.93 bits per heavy atom. The molecule has 14 heavy (non-hydrogen) atoms. The lowest BCUT2D eigenvalue weighted by Gasteiger charge is -2.23. The highest BCUT2D eigenvalue weighted by molar-refractivity contribution is 7.99. The Bertz CT molecular complexity index is 297. The summed E-state index contributed by atoms with van der Waals surface area (Å²) in [5.74, 6) is 3.10. The Hall–Kier alpha value is -0.900. The number of anilines is 2. The fourth-order valence-corrected chi connectivity index (χ4v) is 2.71. The first kappa shape index (κ1) is 9.65. The molecule has 0 saturated carbocycles. The van der Waals surface area contributed by atoms with Crippen molar-refractivity contribution in [3.63, 3.8) is 0 Å². The second kappa shape index (κ2) is 4.55. The van der Waals surface area contributed by atoms with Gasteiger partial charge in [-0.2, -0.15) is 11.8 Å². The van der Waals surface area contributed by atoms with E-state index < -0.39 is 0 Å². The van der Waals surface area contributed by atoms with Gasteiger partial charge in [0.2, 0.25) is 0 Å². The SMILES string of the molecule is Nc1ncccc1NC1CCSCC1. The standard InChI is InChI=1S/C10H15N3S/c11-10-9(2-1-5-12-10)13-8-3-6-14-7-4-8/h1-2,5,8,13H,3-4,6-7H2,(H2,11,12). The van der Waals surface area contributed by atoms with E-state index in [-0.39, 0.29) is 0 Å². The summed E-state index contributed by atoms with van der Waals surface area (Å²) in [6.45, 7) is 0.